The summed E-state index contributed by atoms with van der Waals surface area (Å²) in [4.78, 5) is 26.0. The van der Waals surface area contributed by atoms with Gasteiger partial charge in [-0.25, -0.2) is 18.4 Å². The Morgan fingerprint density at radius 2 is 2.29 bits per heavy atom. The van der Waals surface area contributed by atoms with E-state index in [1.54, 1.807) is 0 Å². The molecule has 1 aromatic heterocycles. The molecule has 0 amide bonds. The molecule has 8 nitrogen and oxygen atoms in total. The number of hydrogen-bond donors (Lipinski definition) is 3. The minimum atomic E-state index is -1.97. The van der Waals surface area contributed by atoms with Gasteiger partial charge in [0.25, 0.3) is 0 Å². The summed E-state index contributed by atoms with van der Waals surface area (Å²) in [6, 6.07) is 0. The lowest BCUT2D eigenvalue weighted by Crippen LogP contribution is -2.30. The van der Waals surface area contributed by atoms with Gasteiger partial charge >= 0.3 is 11.7 Å². The number of nitrogens with zero attached hydrogens (tertiary/aromatic N) is 2. The van der Waals surface area contributed by atoms with Gasteiger partial charge in [0, 0.05) is 11.8 Å². The first-order chi connectivity index (χ1) is 9.90. The number of aliphatic hydroxyl groups excluding tert-OH is 1. The number of anilines is 1. The molecular formula is C11H11F2N3O5. The monoisotopic (exact) mass is 303 g/mol. The molecule has 21 heavy (non-hydrogen) atoms. The van der Waals surface area contributed by atoms with Gasteiger partial charge in [-0.15, -0.1) is 0 Å². The van der Waals surface area contributed by atoms with E-state index < -0.39 is 53.7 Å². The molecule has 2 heterocycles. The number of aromatic nitrogens is 2. The van der Waals surface area contributed by atoms with E-state index in [2.05, 4.69) is 4.98 Å². The molecule has 1 fully saturated rings. The predicted molar refractivity (Wildman–Crippen MR) is 65.0 cm³/mol. The van der Waals surface area contributed by atoms with E-state index in [4.69, 9.17) is 20.7 Å². The van der Waals surface area contributed by atoms with E-state index in [0.29, 0.717) is 4.57 Å². The smallest absolute Gasteiger partial charge is 0.351 e. The van der Waals surface area contributed by atoms with Crippen LogP contribution in [0.15, 0.2) is 22.9 Å². The third-order valence-corrected chi connectivity index (χ3v) is 3.00. The minimum absolute atomic E-state index is 0.0891. The Labute approximate surface area is 116 Å². The van der Waals surface area contributed by atoms with Crippen molar-refractivity contribution in [2.45, 2.75) is 18.5 Å². The number of aromatic carboxylic acids is 1. The topological polar surface area (TPSA) is 128 Å². The molecule has 3 atom stereocenters. The molecule has 0 radical (unpaired) electrons. The van der Waals surface area contributed by atoms with Crippen molar-refractivity contribution in [1.29, 1.82) is 0 Å². The number of carboxylic acid groups (broad SMARTS) is 1. The third-order valence-electron chi connectivity index (χ3n) is 3.00. The molecule has 1 aliphatic heterocycles. The fourth-order valence-electron chi connectivity index (χ4n) is 1.95. The fraction of sp³-hybridized carbons (Fsp3) is 0.364. The van der Waals surface area contributed by atoms with Gasteiger partial charge in [0.15, 0.2) is 12.4 Å². The van der Waals surface area contributed by atoms with Crippen molar-refractivity contribution < 1.29 is 28.5 Å². The van der Waals surface area contributed by atoms with Crippen molar-refractivity contribution >= 4 is 11.8 Å². The summed E-state index contributed by atoms with van der Waals surface area (Å²) in [6.07, 6.45) is -4.18. The molecule has 0 saturated carbocycles. The highest BCUT2D eigenvalue weighted by atomic mass is 19.1. The average molecular weight is 303 g/mol. The van der Waals surface area contributed by atoms with Crippen LogP contribution < -0.4 is 11.4 Å². The molecule has 1 aromatic rings. The second-order valence-electron chi connectivity index (χ2n) is 4.26. The van der Waals surface area contributed by atoms with Crippen molar-refractivity contribution in [2.24, 2.45) is 0 Å². The third kappa shape index (κ3) is 2.50. The Morgan fingerprint density at radius 3 is 2.81 bits per heavy atom. The molecule has 0 aromatic carbocycles. The van der Waals surface area contributed by atoms with E-state index in [1.807, 2.05) is 0 Å². The summed E-state index contributed by atoms with van der Waals surface area (Å²) in [5.74, 6) is -1.99. The van der Waals surface area contributed by atoms with Crippen LogP contribution in [-0.2, 0) is 4.74 Å². The number of rotatable bonds is 3. The first-order valence-corrected chi connectivity index (χ1v) is 5.73. The number of carboxylic acids is 1. The summed E-state index contributed by atoms with van der Waals surface area (Å²) >= 11 is 0. The molecule has 114 valence electrons. The Bertz CT molecular complexity index is 660. The SMILES string of the molecule is Nc1nc(=O)n(C2OC(CO)C(F)/C2=C\F)cc1C(=O)O. The lowest BCUT2D eigenvalue weighted by atomic mass is 10.1. The zero-order chi connectivity index (χ0) is 15.7. The average Bonchev–Trinajstić information content (AvgIpc) is 2.74. The predicted octanol–water partition coefficient (Wildman–Crippen LogP) is -0.395. The molecule has 0 spiro atoms. The highest BCUT2D eigenvalue weighted by Gasteiger charge is 2.42. The summed E-state index contributed by atoms with van der Waals surface area (Å²) in [7, 11) is 0. The first-order valence-electron chi connectivity index (χ1n) is 5.73. The van der Waals surface area contributed by atoms with E-state index in [9.17, 15) is 18.4 Å². The molecule has 10 heteroatoms. The largest absolute Gasteiger partial charge is 0.478 e. The van der Waals surface area contributed by atoms with Gasteiger partial charge in [-0.1, -0.05) is 0 Å². The normalized spacial score (nSPS) is 27.2. The number of alkyl halides is 1. The van der Waals surface area contributed by atoms with Crippen LogP contribution in [0, 0.1) is 0 Å². The van der Waals surface area contributed by atoms with Gasteiger partial charge in [-0.3, -0.25) is 4.57 Å². The van der Waals surface area contributed by atoms with E-state index in [-0.39, 0.29) is 6.33 Å². The molecule has 1 saturated heterocycles. The van der Waals surface area contributed by atoms with Crippen LogP contribution in [0.5, 0.6) is 0 Å². The Morgan fingerprint density at radius 1 is 1.62 bits per heavy atom. The Kier molecular flexibility index (Phi) is 4.00. The zero-order valence-electron chi connectivity index (χ0n) is 10.4. The van der Waals surface area contributed by atoms with Crippen LogP contribution >= 0.6 is 0 Å². The van der Waals surface area contributed by atoms with E-state index in [0.717, 1.165) is 6.20 Å². The maximum atomic E-state index is 13.8. The van der Waals surface area contributed by atoms with Crippen LogP contribution in [0.4, 0.5) is 14.6 Å². The lowest BCUT2D eigenvalue weighted by Gasteiger charge is -2.15. The van der Waals surface area contributed by atoms with Crippen molar-refractivity contribution in [3.63, 3.8) is 0 Å². The number of nitrogen functional groups attached to an aromatic ring is 1. The Balaban J connectivity index is 2.54. The van der Waals surface area contributed by atoms with Crippen molar-refractivity contribution in [2.75, 3.05) is 12.3 Å². The molecule has 1 aliphatic rings. The summed E-state index contributed by atoms with van der Waals surface area (Å²) < 4.78 is 32.2. The maximum Gasteiger partial charge on any atom is 0.351 e. The van der Waals surface area contributed by atoms with Gasteiger partial charge in [-0.05, 0) is 0 Å². The van der Waals surface area contributed by atoms with Gasteiger partial charge < -0.3 is 20.7 Å². The number of ether oxygens (including phenoxy) is 1. The van der Waals surface area contributed by atoms with Gasteiger partial charge in [-0.2, -0.15) is 4.98 Å². The molecule has 0 bridgehead atoms. The first kappa shape index (κ1) is 15.1. The zero-order valence-corrected chi connectivity index (χ0v) is 10.4. The highest BCUT2D eigenvalue weighted by molar-refractivity contribution is 5.92. The summed E-state index contributed by atoms with van der Waals surface area (Å²) in [5.41, 5.74) is 3.18. The van der Waals surface area contributed by atoms with Gasteiger partial charge in [0.05, 0.1) is 12.9 Å². The number of nitrogens with two attached hydrogens (primary N) is 1. The second-order valence-corrected chi connectivity index (χ2v) is 4.26. The number of aliphatic hydroxyl groups is 1. The molecule has 4 N–H and O–H groups in total. The lowest BCUT2D eigenvalue weighted by molar-refractivity contribution is -0.0322. The molecule has 0 aliphatic carbocycles. The van der Waals surface area contributed by atoms with Crippen LogP contribution in [0.2, 0.25) is 0 Å². The van der Waals surface area contributed by atoms with Crippen LogP contribution in [0.1, 0.15) is 16.6 Å². The quantitative estimate of drug-likeness (QED) is 0.693. The number of carbonyl (C=O) groups is 1. The minimum Gasteiger partial charge on any atom is -0.478 e. The number of halogens is 2. The molecular weight excluding hydrogens is 292 g/mol. The standard InChI is InChI=1S/C11H11F2N3O5/c12-1-4-7(13)6(3-17)21-9(4)16-2-5(10(18)19)8(14)15-11(16)20/h1-2,6-7,9,17H,3H2,(H,18,19)(H2,14,15,20)/b4-1+. The number of hydrogen-bond acceptors (Lipinski definition) is 6. The van der Waals surface area contributed by atoms with E-state index >= 15 is 0 Å². The fourth-order valence-corrected chi connectivity index (χ4v) is 1.95. The maximum absolute atomic E-state index is 13.8. The highest BCUT2D eigenvalue weighted by Crippen LogP contribution is 2.35. The van der Waals surface area contributed by atoms with Gasteiger partial charge in [0.1, 0.15) is 17.5 Å². The van der Waals surface area contributed by atoms with Crippen LogP contribution in [0.25, 0.3) is 0 Å². The molecule has 2 rings (SSSR count). The van der Waals surface area contributed by atoms with Gasteiger partial charge in [0.2, 0.25) is 0 Å². The van der Waals surface area contributed by atoms with E-state index in [1.165, 1.54) is 0 Å². The van der Waals surface area contributed by atoms with Crippen molar-refractivity contribution in [3.8, 4) is 0 Å². The van der Waals surface area contributed by atoms with Crippen molar-refractivity contribution in [3.05, 3.63) is 34.1 Å². The second kappa shape index (κ2) is 5.58. The summed E-state index contributed by atoms with van der Waals surface area (Å²) in [6.45, 7) is -0.738. The summed E-state index contributed by atoms with van der Waals surface area (Å²) in [5, 5.41) is 17.9. The van der Waals surface area contributed by atoms with Crippen molar-refractivity contribution in [1.82, 2.24) is 9.55 Å². The van der Waals surface area contributed by atoms with Crippen LogP contribution in [-0.4, -0.2) is 44.6 Å². The van der Waals surface area contributed by atoms with Crippen LogP contribution in [0.3, 0.4) is 0 Å². The molecule has 3 unspecified atom stereocenters. The Hall–Kier alpha value is -2.33.